The van der Waals surface area contributed by atoms with Crippen LogP contribution < -0.4 is 11.1 Å². The fourth-order valence-electron chi connectivity index (χ4n) is 3.05. The number of aromatic amines is 1. The van der Waals surface area contributed by atoms with Crippen LogP contribution in [0.4, 0.5) is 0 Å². The molecule has 0 spiro atoms. The lowest BCUT2D eigenvalue weighted by Crippen LogP contribution is -2.20. The number of rotatable bonds is 5. The van der Waals surface area contributed by atoms with E-state index in [1.807, 2.05) is 29.5 Å². The molecule has 3 heterocycles. The second-order valence-electron chi connectivity index (χ2n) is 6.21. The smallest absolute Gasteiger partial charge is 0.262 e. The molecule has 0 atom stereocenters. The first kappa shape index (κ1) is 17.5. The molecule has 1 N–H and O–H groups in total. The maximum Gasteiger partial charge on any atom is 0.262 e. The van der Waals surface area contributed by atoms with E-state index in [9.17, 15) is 9.59 Å². The first-order valence-electron chi connectivity index (χ1n) is 8.63. The van der Waals surface area contributed by atoms with Crippen molar-refractivity contribution in [2.45, 2.75) is 30.7 Å². The van der Waals surface area contributed by atoms with Crippen molar-refractivity contribution in [1.82, 2.24) is 29.1 Å². The van der Waals surface area contributed by atoms with E-state index < -0.39 is 0 Å². The summed E-state index contributed by atoms with van der Waals surface area (Å²) in [5.41, 5.74) is 1.28. The van der Waals surface area contributed by atoms with Gasteiger partial charge in [-0.05, 0) is 18.6 Å². The predicted molar refractivity (Wildman–Crippen MR) is 104 cm³/mol. The number of hydrogen-bond donors (Lipinski definition) is 1. The zero-order valence-electron chi connectivity index (χ0n) is 15.0. The van der Waals surface area contributed by atoms with Gasteiger partial charge in [-0.15, -0.1) is 10.2 Å². The van der Waals surface area contributed by atoms with E-state index in [0.717, 1.165) is 24.1 Å². The topological polar surface area (TPSA) is 97.9 Å². The molecule has 0 aliphatic carbocycles. The highest BCUT2D eigenvalue weighted by atomic mass is 32.2. The van der Waals surface area contributed by atoms with Gasteiger partial charge >= 0.3 is 0 Å². The maximum atomic E-state index is 12.5. The number of aryl methyl sites for hydroxylation is 2. The summed E-state index contributed by atoms with van der Waals surface area (Å²) in [6, 6.07) is 8.92. The highest BCUT2D eigenvalue weighted by molar-refractivity contribution is 7.98. The van der Waals surface area contributed by atoms with Gasteiger partial charge in [0.25, 0.3) is 11.1 Å². The van der Waals surface area contributed by atoms with Crippen molar-refractivity contribution in [1.29, 1.82) is 0 Å². The second-order valence-corrected chi connectivity index (χ2v) is 7.18. The summed E-state index contributed by atoms with van der Waals surface area (Å²) < 4.78 is 3.36. The molecule has 27 heavy (non-hydrogen) atoms. The van der Waals surface area contributed by atoms with Crippen molar-refractivity contribution in [2.75, 3.05) is 0 Å². The summed E-state index contributed by atoms with van der Waals surface area (Å²) in [7, 11) is 1.68. The molecule has 4 rings (SSSR count). The third-order valence-electron chi connectivity index (χ3n) is 4.31. The fraction of sp³-hybridized carbons (Fsp3) is 0.278. The second kappa shape index (κ2) is 6.99. The van der Waals surface area contributed by atoms with E-state index in [1.165, 1.54) is 22.4 Å². The van der Waals surface area contributed by atoms with Crippen LogP contribution in [0.25, 0.3) is 16.7 Å². The summed E-state index contributed by atoms with van der Waals surface area (Å²) in [4.78, 5) is 31.6. The van der Waals surface area contributed by atoms with Gasteiger partial charge in [0.15, 0.2) is 5.16 Å². The van der Waals surface area contributed by atoms with E-state index in [2.05, 4.69) is 20.2 Å². The van der Waals surface area contributed by atoms with Crippen LogP contribution in [0.15, 0.2) is 45.1 Å². The Kier molecular flexibility index (Phi) is 4.53. The molecule has 138 valence electrons. The summed E-state index contributed by atoms with van der Waals surface area (Å²) in [6.45, 7) is 2.05. The Bertz CT molecular complexity index is 1260. The minimum Gasteiger partial charge on any atom is -0.301 e. The van der Waals surface area contributed by atoms with Crippen molar-refractivity contribution in [3.63, 3.8) is 0 Å². The van der Waals surface area contributed by atoms with E-state index in [1.54, 1.807) is 13.1 Å². The van der Waals surface area contributed by atoms with Crippen LogP contribution in [-0.2, 0) is 19.2 Å². The van der Waals surface area contributed by atoms with Crippen LogP contribution in [0.3, 0.4) is 0 Å². The Labute approximate surface area is 158 Å². The Hall–Kier alpha value is -2.94. The molecule has 8 nitrogen and oxygen atoms in total. The average Bonchev–Trinajstić information content (AvgIpc) is 3.09. The number of hydrogen-bond acceptors (Lipinski definition) is 6. The van der Waals surface area contributed by atoms with Gasteiger partial charge in [0.05, 0.1) is 16.7 Å². The lowest BCUT2D eigenvalue weighted by atomic mass is 10.2. The van der Waals surface area contributed by atoms with Crippen LogP contribution in [-0.4, -0.2) is 29.1 Å². The van der Waals surface area contributed by atoms with E-state index >= 15 is 0 Å². The van der Waals surface area contributed by atoms with Gasteiger partial charge in [0, 0.05) is 18.8 Å². The van der Waals surface area contributed by atoms with Gasteiger partial charge in [-0.2, -0.15) is 0 Å². The normalized spacial score (nSPS) is 11.5. The molecule has 0 radical (unpaired) electrons. The summed E-state index contributed by atoms with van der Waals surface area (Å²) >= 11 is 1.39. The number of benzene rings is 1. The molecule has 0 bridgehead atoms. The number of nitrogens with zero attached hydrogens (tertiary/aromatic N) is 5. The Morgan fingerprint density at radius 3 is 2.81 bits per heavy atom. The highest BCUT2D eigenvalue weighted by Crippen LogP contribution is 2.20. The monoisotopic (exact) mass is 382 g/mol. The van der Waals surface area contributed by atoms with Gasteiger partial charge in [0.1, 0.15) is 5.82 Å². The standard InChI is InChI=1S/C18H18N6O2S/c1-3-6-11-9-15(25)20-17(19-11)27-10-14-21-22-18-23(2)16(26)12-7-4-5-8-13(12)24(14)18/h4-5,7-9H,3,6,10H2,1-2H3,(H,19,20,25). The van der Waals surface area contributed by atoms with Gasteiger partial charge in [-0.3, -0.25) is 18.6 Å². The third kappa shape index (κ3) is 3.14. The van der Waals surface area contributed by atoms with Crippen LogP contribution in [0, 0.1) is 0 Å². The third-order valence-corrected chi connectivity index (χ3v) is 5.18. The fourth-order valence-corrected chi connectivity index (χ4v) is 3.86. The van der Waals surface area contributed by atoms with Crippen LogP contribution in [0.5, 0.6) is 0 Å². The van der Waals surface area contributed by atoms with Gasteiger partial charge in [0.2, 0.25) is 5.78 Å². The minimum absolute atomic E-state index is 0.108. The quantitative estimate of drug-likeness (QED) is 0.418. The summed E-state index contributed by atoms with van der Waals surface area (Å²) in [5, 5.41) is 9.59. The van der Waals surface area contributed by atoms with Crippen molar-refractivity contribution in [3.05, 3.63) is 62.6 Å². The van der Waals surface area contributed by atoms with Crippen molar-refractivity contribution in [3.8, 4) is 0 Å². The first-order valence-corrected chi connectivity index (χ1v) is 9.62. The molecule has 0 aliphatic heterocycles. The molecule has 0 amide bonds. The number of H-pyrrole nitrogens is 1. The highest BCUT2D eigenvalue weighted by Gasteiger charge is 2.15. The lowest BCUT2D eigenvalue weighted by Gasteiger charge is -2.07. The lowest BCUT2D eigenvalue weighted by molar-refractivity contribution is 0.815. The molecular formula is C18H18N6O2S. The Morgan fingerprint density at radius 2 is 2.00 bits per heavy atom. The molecule has 3 aromatic heterocycles. The summed E-state index contributed by atoms with van der Waals surface area (Å²) in [6.07, 6.45) is 1.69. The zero-order valence-corrected chi connectivity index (χ0v) is 15.8. The number of para-hydroxylation sites is 1. The van der Waals surface area contributed by atoms with E-state index in [4.69, 9.17) is 0 Å². The minimum atomic E-state index is -0.158. The first-order chi connectivity index (χ1) is 13.1. The molecule has 0 saturated heterocycles. The Morgan fingerprint density at radius 1 is 1.19 bits per heavy atom. The predicted octanol–water partition coefficient (Wildman–Crippen LogP) is 1.91. The van der Waals surface area contributed by atoms with Crippen molar-refractivity contribution < 1.29 is 0 Å². The molecule has 0 aliphatic rings. The Balaban J connectivity index is 1.76. The molecule has 9 heteroatoms. The SMILES string of the molecule is CCCc1cc(=O)[nH]c(SCc2nnc3n(C)c(=O)c4ccccc4n23)n1. The number of nitrogens with one attached hydrogen (secondary N) is 1. The molecule has 4 aromatic rings. The average molecular weight is 382 g/mol. The van der Waals surface area contributed by atoms with Crippen LogP contribution in [0.1, 0.15) is 24.9 Å². The number of aromatic nitrogens is 6. The molecular weight excluding hydrogens is 364 g/mol. The van der Waals surface area contributed by atoms with Crippen molar-refractivity contribution >= 4 is 28.4 Å². The van der Waals surface area contributed by atoms with Crippen molar-refractivity contribution in [2.24, 2.45) is 7.05 Å². The van der Waals surface area contributed by atoms with Gasteiger partial charge in [-0.25, -0.2) is 4.98 Å². The van der Waals surface area contributed by atoms with E-state index in [0.29, 0.717) is 27.9 Å². The van der Waals surface area contributed by atoms with Crippen LogP contribution >= 0.6 is 11.8 Å². The molecule has 0 saturated carbocycles. The van der Waals surface area contributed by atoms with Gasteiger partial charge < -0.3 is 4.98 Å². The number of fused-ring (bicyclic) bond motifs is 3. The largest absolute Gasteiger partial charge is 0.301 e. The molecule has 0 fully saturated rings. The molecule has 1 aromatic carbocycles. The maximum absolute atomic E-state index is 12.5. The van der Waals surface area contributed by atoms with Gasteiger partial charge in [-0.1, -0.05) is 37.2 Å². The van der Waals surface area contributed by atoms with E-state index in [-0.39, 0.29) is 11.1 Å². The molecule has 0 unspecified atom stereocenters. The van der Waals surface area contributed by atoms with Crippen LogP contribution in [0.2, 0.25) is 0 Å². The number of thioether (sulfide) groups is 1. The zero-order chi connectivity index (χ0) is 19.0. The summed E-state index contributed by atoms with van der Waals surface area (Å²) in [5.74, 6) is 1.63.